The third kappa shape index (κ3) is 2.58. The molecule has 0 saturated heterocycles. The zero-order valence-corrected chi connectivity index (χ0v) is 7.66. The molecule has 0 spiro atoms. The summed E-state index contributed by atoms with van der Waals surface area (Å²) in [5.74, 6) is -0.660. The average Bonchev–Trinajstić information content (AvgIpc) is 2.27. The van der Waals surface area contributed by atoms with Crippen LogP contribution in [0, 0.1) is 10.1 Å². The van der Waals surface area contributed by atoms with E-state index < -0.39 is 23.4 Å². The summed E-state index contributed by atoms with van der Waals surface area (Å²) in [5.41, 5.74) is -0.00723. The van der Waals surface area contributed by atoms with Crippen molar-refractivity contribution in [1.29, 1.82) is 0 Å². The molecule has 6 heteroatoms. The molecule has 0 aliphatic carbocycles. The normalized spacial score (nSPS) is 12.1. The van der Waals surface area contributed by atoms with E-state index in [1.807, 2.05) is 0 Å². The summed E-state index contributed by atoms with van der Waals surface area (Å²) < 4.78 is 0. The van der Waals surface area contributed by atoms with Crippen LogP contribution < -0.4 is 0 Å². The maximum absolute atomic E-state index is 11.3. The Balaban J connectivity index is 2.89. The Morgan fingerprint density at radius 1 is 1.40 bits per heavy atom. The van der Waals surface area contributed by atoms with E-state index in [0.29, 0.717) is 0 Å². The van der Waals surface area contributed by atoms with Crippen molar-refractivity contribution in [2.45, 2.75) is 6.10 Å². The van der Waals surface area contributed by atoms with Gasteiger partial charge in [0.2, 0.25) is 0 Å². The summed E-state index contributed by atoms with van der Waals surface area (Å²) in [7, 11) is 0. The number of rotatable bonds is 4. The first kappa shape index (κ1) is 11.3. The van der Waals surface area contributed by atoms with E-state index in [4.69, 9.17) is 10.2 Å². The fourth-order valence-electron chi connectivity index (χ4n) is 1.02. The fourth-order valence-corrected chi connectivity index (χ4v) is 1.02. The maximum Gasteiger partial charge on any atom is 0.269 e. The number of nitro benzene ring substituents is 1. The van der Waals surface area contributed by atoms with Crippen LogP contribution in [-0.2, 0) is 0 Å². The summed E-state index contributed by atoms with van der Waals surface area (Å²) in [4.78, 5) is 21.0. The number of hydrogen-bond donors (Lipinski definition) is 2. The molecule has 0 fully saturated rings. The second kappa shape index (κ2) is 4.63. The van der Waals surface area contributed by atoms with E-state index in [2.05, 4.69) is 0 Å². The summed E-state index contributed by atoms with van der Waals surface area (Å²) in [6.45, 7) is -0.671. The second-order valence-corrected chi connectivity index (χ2v) is 2.87. The van der Waals surface area contributed by atoms with Crippen molar-refractivity contribution in [3.05, 3.63) is 39.9 Å². The van der Waals surface area contributed by atoms with E-state index in [0.717, 1.165) is 12.1 Å². The van der Waals surface area contributed by atoms with E-state index in [1.165, 1.54) is 12.1 Å². The summed E-state index contributed by atoms with van der Waals surface area (Å²) in [6, 6.07) is 4.80. The topological polar surface area (TPSA) is 101 Å². The lowest BCUT2D eigenvalue weighted by molar-refractivity contribution is -0.384. The number of carbonyl (C=O) groups is 1. The van der Waals surface area contributed by atoms with E-state index in [-0.39, 0.29) is 11.3 Å². The Labute approximate surface area is 84.9 Å². The maximum atomic E-state index is 11.3. The summed E-state index contributed by atoms with van der Waals surface area (Å²) in [5, 5.41) is 27.9. The highest BCUT2D eigenvalue weighted by Gasteiger charge is 2.16. The van der Waals surface area contributed by atoms with Gasteiger partial charge in [-0.25, -0.2) is 0 Å². The van der Waals surface area contributed by atoms with E-state index in [9.17, 15) is 14.9 Å². The molecule has 1 rings (SSSR count). The molecule has 1 unspecified atom stereocenters. The van der Waals surface area contributed by atoms with Crippen molar-refractivity contribution in [3.63, 3.8) is 0 Å². The number of carbonyl (C=O) groups excluding carboxylic acids is 1. The number of non-ortho nitro benzene ring substituents is 1. The Kier molecular flexibility index (Phi) is 3.48. The molecule has 1 aromatic rings. The smallest absolute Gasteiger partial charge is 0.269 e. The first-order valence-corrected chi connectivity index (χ1v) is 4.14. The zero-order valence-electron chi connectivity index (χ0n) is 7.66. The van der Waals surface area contributed by atoms with Crippen molar-refractivity contribution in [3.8, 4) is 0 Å². The molecule has 6 nitrogen and oxygen atoms in total. The van der Waals surface area contributed by atoms with Crippen LogP contribution in [0.1, 0.15) is 10.4 Å². The third-order valence-corrected chi connectivity index (χ3v) is 1.84. The molecule has 0 radical (unpaired) electrons. The lowest BCUT2D eigenvalue weighted by Gasteiger charge is -2.05. The first-order chi connectivity index (χ1) is 7.06. The van der Waals surface area contributed by atoms with Crippen LogP contribution in [0.4, 0.5) is 5.69 Å². The van der Waals surface area contributed by atoms with Crippen LogP contribution in [0.15, 0.2) is 24.3 Å². The van der Waals surface area contributed by atoms with Gasteiger partial charge in [-0.05, 0) is 12.1 Å². The number of benzene rings is 1. The van der Waals surface area contributed by atoms with Crippen molar-refractivity contribution < 1.29 is 19.9 Å². The molecule has 0 heterocycles. The largest absolute Gasteiger partial charge is 0.393 e. The predicted molar refractivity (Wildman–Crippen MR) is 50.5 cm³/mol. The summed E-state index contributed by atoms with van der Waals surface area (Å²) >= 11 is 0. The van der Waals surface area contributed by atoms with Gasteiger partial charge < -0.3 is 10.2 Å². The molecule has 15 heavy (non-hydrogen) atoms. The fraction of sp³-hybridized carbons (Fsp3) is 0.222. The lowest BCUT2D eigenvalue weighted by atomic mass is 10.1. The Morgan fingerprint density at radius 3 is 2.33 bits per heavy atom. The molecule has 80 valence electrons. The van der Waals surface area contributed by atoms with Gasteiger partial charge in [0, 0.05) is 17.7 Å². The van der Waals surface area contributed by atoms with Gasteiger partial charge in [-0.2, -0.15) is 0 Å². The molecular weight excluding hydrogens is 202 g/mol. The van der Waals surface area contributed by atoms with Crippen molar-refractivity contribution in [2.24, 2.45) is 0 Å². The van der Waals surface area contributed by atoms with Gasteiger partial charge in [-0.15, -0.1) is 0 Å². The number of nitrogens with zero attached hydrogens (tertiary/aromatic N) is 1. The van der Waals surface area contributed by atoms with Crippen molar-refractivity contribution >= 4 is 11.5 Å². The number of aliphatic hydroxyl groups is 2. The van der Waals surface area contributed by atoms with Crippen molar-refractivity contribution in [1.82, 2.24) is 0 Å². The lowest BCUT2D eigenvalue weighted by Crippen LogP contribution is -2.24. The highest BCUT2D eigenvalue weighted by molar-refractivity contribution is 5.99. The molecule has 1 atom stereocenters. The van der Waals surface area contributed by atoms with Gasteiger partial charge in [0.1, 0.15) is 6.10 Å². The van der Waals surface area contributed by atoms with Crippen LogP contribution in [-0.4, -0.2) is 33.6 Å². The van der Waals surface area contributed by atoms with Gasteiger partial charge >= 0.3 is 0 Å². The Bertz CT molecular complexity index is 373. The van der Waals surface area contributed by atoms with E-state index in [1.54, 1.807) is 0 Å². The molecule has 2 N–H and O–H groups in total. The highest BCUT2D eigenvalue weighted by atomic mass is 16.6. The quantitative estimate of drug-likeness (QED) is 0.419. The van der Waals surface area contributed by atoms with Crippen LogP contribution in [0.2, 0.25) is 0 Å². The minimum absolute atomic E-state index is 0.127. The predicted octanol–water partition coefficient (Wildman–Crippen LogP) is 0.131. The zero-order chi connectivity index (χ0) is 11.4. The van der Waals surface area contributed by atoms with Crippen LogP contribution in [0.25, 0.3) is 0 Å². The molecule has 0 bridgehead atoms. The van der Waals surface area contributed by atoms with E-state index >= 15 is 0 Å². The second-order valence-electron chi connectivity index (χ2n) is 2.87. The van der Waals surface area contributed by atoms with Gasteiger partial charge in [0.25, 0.3) is 5.69 Å². The van der Waals surface area contributed by atoms with Gasteiger partial charge in [-0.3, -0.25) is 14.9 Å². The minimum Gasteiger partial charge on any atom is -0.393 e. The average molecular weight is 211 g/mol. The molecule has 0 aliphatic heterocycles. The molecule has 0 amide bonds. The number of hydrogen-bond acceptors (Lipinski definition) is 5. The first-order valence-electron chi connectivity index (χ1n) is 4.14. The highest BCUT2D eigenvalue weighted by Crippen LogP contribution is 2.13. The van der Waals surface area contributed by atoms with Gasteiger partial charge in [-0.1, -0.05) is 0 Å². The molecule has 0 saturated carbocycles. The van der Waals surface area contributed by atoms with Crippen LogP contribution in [0.5, 0.6) is 0 Å². The Hall–Kier alpha value is -1.79. The number of Topliss-reactive ketones (excluding diaryl/α,β-unsaturated/α-hetero) is 1. The SMILES string of the molecule is O=C(c1ccc([N+](=O)[O-])cc1)C(O)CO. The standard InChI is InChI=1S/C9H9NO5/c11-5-8(12)9(13)6-1-3-7(4-2-6)10(14)15/h1-4,8,11-12H,5H2. The summed E-state index contributed by atoms with van der Waals surface area (Å²) in [6.07, 6.45) is -1.48. The number of ketones is 1. The van der Waals surface area contributed by atoms with Crippen LogP contribution >= 0.6 is 0 Å². The molecule has 0 aromatic heterocycles. The van der Waals surface area contributed by atoms with Gasteiger partial charge in [0.15, 0.2) is 5.78 Å². The van der Waals surface area contributed by atoms with Gasteiger partial charge in [0.05, 0.1) is 11.5 Å². The molecule has 1 aromatic carbocycles. The Morgan fingerprint density at radius 2 is 1.93 bits per heavy atom. The third-order valence-electron chi connectivity index (χ3n) is 1.84. The number of aliphatic hydroxyl groups excluding tert-OH is 2. The monoisotopic (exact) mass is 211 g/mol. The molecular formula is C9H9NO5. The minimum atomic E-state index is -1.48. The van der Waals surface area contributed by atoms with Crippen molar-refractivity contribution in [2.75, 3.05) is 6.61 Å². The number of nitro groups is 1. The molecule has 0 aliphatic rings. The van der Waals surface area contributed by atoms with Crippen LogP contribution in [0.3, 0.4) is 0 Å².